The van der Waals surface area contributed by atoms with E-state index in [-0.39, 0.29) is 12.6 Å². The molecule has 1 unspecified atom stereocenters. The van der Waals surface area contributed by atoms with Gasteiger partial charge in [0, 0.05) is 29.8 Å². The lowest BCUT2D eigenvalue weighted by Gasteiger charge is -2.19. The van der Waals surface area contributed by atoms with E-state index in [0.717, 1.165) is 50.2 Å². The van der Waals surface area contributed by atoms with Crippen LogP contribution in [0.2, 0.25) is 0 Å². The van der Waals surface area contributed by atoms with Crippen molar-refractivity contribution in [3.05, 3.63) is 84.4 Å². The third kappa shape index (κ3) is 3.74. The van der Waals surface area contributed by atoms with E-state index in [1.807, 2.05) is 62.8 Å². The molecule has 0 aliphatic rings. The number of nitrogens with zero attached hydrogens (tertiary/aromatic N) is 4. The molecule has 7 heteroatoms. The molecule has 7 nitrogen and oxygen atoms in total. The molecule has 32 heavy (non-hydrogen) atoms. The lowest BCUT2D eigenvalue weighted by molar-refractivity contribution is 0.276. The number of nitrogens with one attached hydrogen (secondary N) is 2. The quantitative estimate of drug-likeness (QED) is 0.374. The van der Waals surface area contributed by atoms with Gasteiger partial charge in [0.05, 0.1) is 47.6 Å². The van der Waals surface area contributed by atoms with Crippen LogP contribution in [0, 0.1) is 6.92 Å². The maximum Gasteiger partial charge on any atom is 0.0813 e. The maximum atomic E-state index is 9.98. The van der Waals surface area contributed by atoms with Gasteiger partial charge in [0.1, 0.15) is 0 Å². The van der Waals surface area contributed by atoms with Gasteiger partial charge in [-0.25, -0.2) is 0 Å². The molecule has 5 aromatic rings. The summed E-state index contributed by atoms with van der Waals surface area (Å²) in [5, 5.41) is 26.2. The van der Waals surface area contributed by atoms with E-state index in [9.17, 15) is 5.11 Å². The molecule has 1 atom stereocenters. The molecule has 3 heterocycles. The van der Waals surface area contributed by atoms with Crippen molar-refractivity contribution < 1.29 is 5.11 Å². The standard InChI is InChI=1S/C25H24N6O/c1-16-21-10-18(8-9-23(21)30-29-16)22-11-20(13-26-25(22)19-12-27-31(2)14-19)28-24(15-32)17-6-4-3-5-7-17/h3-14,24,28,32H,15H2,1-2H3,(H,29,30). The number of aliphatic hydroxyl groups is 1. The van der Waals surface area contributed by atoms with Crippen molar-refractivity contribution in [2.45, 2.75) is 13.0 Å². The number of H-pyrrole nitrogens is 1. The van der Waals surface area contributed by atoms with Crippen molar-refractivity contribution in [3.63, 3.8) is 0 Å². The molecule has 0 saturated carbocycles. The van der Waals surface area contributed by atoms with Crippen molar-refractivity contribution >= 4 is 16.6 Å². The summed E-state index contributed by atoms with van der Waals surface area (Å²) in [6.45, 7) is 1.97. The van der Waals surface area contributed by atoms with Crippen LogP contribution in [0.25, 0.3) is 33.3 Å². The van der Waals surface area contributed by atoms with E-state index in [0.29, 0.717) is 0 Å². The van der Waals surface area contributed by atoms with Crippen LogP contribution in [0.4, 0.5) is 5.69 Å². The van der Waals surface area contributed by atoms with Crippen LogP contribution in [0.3, 0.4) is 0 Å². The number of aliphatic hydroxyl groups excluding tert-OH is 1. The van der Waals surface area contributed by atoms with Crippen LogP contribution in [-0.4, -0.2) is 36.7 Å². The number of benzene rings is 2. The van der Waals surface area contributed by atoms with Gasteiger partial charge < -0.3 is 10.4 Å². The fourth-order valence-electron chi connectivity index (χ4n) is 3.97. The van der Waals surface area contributed by atoms with Gasteiger partial charge in [0.15, 0.2) is 0 Å². The number of aromatic amines is 1. The van der Waals surface area contributed by atoms with Gasteiger partial charge in [-0.15, -0.1) is 0 Å². The SMILES string of the molecule is Cc1n[nH]c2ccc(-c3cc(NC(CO)c4ccccc4)cnc3-c3cnn(C)c3)cc12. The molecule has 0 bridgehead atoms. The van der Waals surface area contributed by atoms with E-state index in [1.165, 1.54) is 0 Å². The number of aromatic nitrogens is 5. The fraction of sp³-hybridized carbons (Fsp3) is 0.160. The third-order valence-electron chi connectivity index (χ3n) is 5.66. The van der Waals surface area contributed by atoms with Crippen LogP contribution < -0.4 is 5.32 Å². The molecule has 0 saturated heterocycles. The zero-order valence-corrected chi connectivity index (χ0v) is 17.9. The molecule has 0 aliphatic heterocycles. The van der Waals surface area contributed by atoms with Crippen molar-refractivity contribution in [2.24, 2.45) is 7.05 Å². The summed E-state index contributed by atoms with van der Waals surface area (Å²) in [4.78, 5) is 4.79. The van der Waals surface area contributed by atoms with Gasteiger partial charge >= 0.3 is 0 Å². The monoisotopic (exact) mass is 424 g/mol. The molecule has 0 aliphatic carbocycles. The summed E-state index contributed by atoms with van der Waals surface area (Å²) >= 11 is 0. The first-order chi connectivity index (χ1) is 15.6. The van der Waals surface area contributed by atoms with E-state index in [4.69, 9.17) is 4.98 Å². The highest BCUT2D eigenvalue weighted by atomic mass is 16.3. The summed E-state index contributed by atoms with van der Waals surface area (Å²) in [5.74, 6) is 0. The Labute approximate surface area is 185 Å². The highest BCUT2D eigenvalue weighted by Gasteiger charge is 2.16. The van der Waals surface area contributed by atoms with E-state index in [1.54, 1.807) is 10.9 Å². The summed E-state index contributed by atoms with van der Waals surface area (Å²) in [6, 6.07) is 18.0. The highest BCUT2D eigenvalue weighted by Crippen LogP contribution is 2.35. The van der Waals surface area contributed by atoms with Gasteiger partial charge in [0.25, 0.3) is 0 Å². The lowest BCUT2D eigenvalue weighted by atomic mass is 9.98. The van der Waals surface area contributed by atoms with Crippen molar-refractivity contribution in [1.29, 1.82) is 0 Å². The molecule has 0 radical (unpaired) electrons. The molecule has 3 N–H and O–H groups in total. The first kappa shape index (κ1) is 20.0. The Morgan fingerprint density at radius 2 is 1.91 bits per heavy atom. The zero-order chi connectivity index (χ0) is 22.1. The molecule has 160 valence electrons. The lowest BCUT2D eigenvalue weighted by Crippen LogP contribution is -2.15. The summed E-state index contributed by atoms with van der Waals surface area (Å²) in [5.41, 5.74) is 7.62. The summed E-state index contributed by atoms with van der Waals surface area (Å²) < 4.78 is 1.77. The van der Waals surface area contributed by atoms with E-state index < -0.39 is 0 Å². The minimum atomic E-state index is -0.228. The highest BCUT2D eigenvalue weighted by molar-refractivity contribution is 5.90. The van der Waals surface area contributed by atoms with E-state index >= 15 is 0 Å². The normalized spacial score (nSPS) is 12.2. The van der Waals surface area contributed by atoms with Gasteiger partial charge in [-0.1, -0.05) is 36.4 Å². The Morgan fingerprint density at radius 3 is 2.66 bits per heavy atom. The second-order valence-corrected chi connectivity index (χ2v) is 7.88. The first-order valence-electron chi connectivity index (χ1n) is 10.5. The average molecular weight is 425 g/mol. The molecule has 3 aromatic heterocycles. The number of hydrogen-bond acceptors (Lipinski definition) is 5. The maximum absolute atomic E-state index is 9.98. The molecular weight excluding hydrogens is 400 g/mol. The largest absolute Gasteiger partial charge is 0.394 e. The molecule has 0 fully saturated rings. The minimum Gasteiger partial charge on any atom is -0.394 e. The Bertz CT molecular complexity index is 1370. The number of fused-ring (bicyclic) bond motifs is 1. The fourth-order valence-corrected chi connectivity index (χ4v) is 3.97. The second-order valence-electron chi connectivity index (χ2n) is 7.88. The Morgan fingerprint density at radius 1 is 1.06 bits per heavy atom. The van der Waals surface area contributed by atoms with Crippen LogP contribution in [0.5, 0.6) is 0 Å². The minimum absolute atomic E-state index is 0.0239. The number of hydrogen-bond donors (Lipinski definition) is 3. The second kappa shape index (κ2) is 8.28. The van der Waals surface area contributed by atoms with Crippen LogP contribution in [-0.2, 0) is 7.05 Å². The number of aryl methyl sites for hydroxylation is 2. The van der Waals surface area contributed by atoms with Crippen molar-refractivity contribution in [3.8, 4) is 22.4 Å². The predicted octanol–water partition coefficient (Wildman–Crippen LogP) is 4.48. The van der Waals surface area contributed by atoms with Gasteiger partial charge in [-0.2, -0.15) is 10.2 Å². The molecular formula is C25H24N6O. The van der Waals surface area contributed by atoms with Crippen LogP contribution in [0.15, 0.2) is 73.2 Å². The molecule has 0 amide bonds. The molecule has 2 aromatic carbocycles. The van der Waals surface area contributed by atoms with Gasteiger partial charge in [0.2, 0.25) is 0 Å². The predicted molar refractivity (Wildman–Crippen MR) is 126 cm³/mol. The number of pyridine rings is 1. The first-order valence-corrected chi connectivity index (χ1v) is 10.5. The average Bonchev–Trinajstić information content (AvgIpc) is 3.43. The molecule has 5 rings (SSSR count). The third-order valence-corrected chi connectivity index (χ3v) is 5.66. The van der Waals surface area contributed by atoms with Gasteiger partial charge in [-0.3, -0.25) is 14.8 Å². The topological polar surface area (TPSA) is 91.7 Å². The van der Waals surface area contributed by atoms with E-state index in [2.05, 4.69) is 38.8 Å². The number of rotatable bonds is 6. The van der Waals surface area contributed by atoms with Crippen molar-refractivity contribution in [2.75, 3.05) is 11.9 Å². The Hall–Kier alpha value is -3.97. The number of anilines is 1. The zero-order valence-electron chi connectivity index (χ0n) is 17.9. The Kier molecular flexibility index (Phi) is 5.17. The molecule has 0 spiro atoms. The summed E-state index contributed by atoms with van der Waals surface area (Å²) in [6.07, 6.45) is 5.58. The van der Waals surface area contributed by atoms with Gasteiger partial charge in [-0.05, 0) is 36.2 Å². The van der Waals surface area contributed by atoms with Crippen molar-refractivity contribution in [1.82, 2.24) is 25.0 Å². The smallest absolute Gasteiger partial charge is 0.0813 e. The van der Waals surface area contributed by atoms with Crippen LogP contribution in [0.1, 0.15) is 17.3 Å². The Balaban J connectivity index is 1.60. The summed E-state index contributed by atoms with van der Waals surface area (Å²) in [7, 11) is 1.89. The van der Waals surface area contributed by atoms with Crippen LogP contribution >= 0.6 is 0 Å².